The minimum absolute atomic E-state index is 0.648. The van der Waals surface area contributed by atoms with Gasteiger partial charge in [0.2, 0.25) is 0 Å². The van der Waals surface area contributed by atoms with E-state index in [4.69, 9.17) is 0 Å². The van der Waals surface area contributed by atoms with Gasteiger partial charge in [-0.2, -0.15) is 0 Å². The number of unbranched alkanes of at least 4 members (excludes halogenated alkanes) is 12. The maximum atomic E-state index is 2.44. The topological polar surface area (TPSA) is 0 Å². The van der Waals surface area contributed by atoms with Crippen molar-refractivity contribution in [3.8, 4) is 0 Å². The largest absolute Gasteiger partial charge is 0.318 e. The number of allylic oxidation sites excluding steroid dienone is 2. The van der Waals surface area contributed by atoms with E-state index < -0.39 is 0 Å². The Kier molecular flexibility index (Phi) is 17.5. The van der Waals surface area contributed by atoms with Gasteiger partial charge in [-0.15, -0.1) is 0 Å². The summed E-state index contributed by atoms with van der Waals surface area (Å²) < 4.78 is 1.25. The Morgan fingerprint density at radius 1 is 0.625 bits per heavy atom. The van der Waals surface area contributed by atoms with Crippen molar-refractivity contribution in [2.75, 3.05) is 19.6 Å². The van der Waals surface area contributed by atoms with Gasteiger partial charge in [0.25, 0.3) is 0 Å². The highest BCUT2D eigenvalue weighted by atomic mass is 15.4. The fourth-order valence-electron chi connectivity index (χ4n) is 5.43. The molecule has 1 nitrogen and oxygen atoms in total. The van der Waals surface area contributed by atoms with E-state index >= 15 is 0 Å². The van der Waals surface area contributed by atoms with E-state index in [1.165, 1.54) is 126 Å². The van der Waals surface area contributed by atoms with Crippen molar-refractivity contribution in [3.63, 3.8) is 0 Å². The molecule has 32 heavy (non-hydrogen) atoms. The lowest BCUT2D eigenvalue weighted by Crippen LogP contribution is -2.50. The SMILES string of the molecule is CCCCCCCC/C=C\CCCCCCCC[N+](CC)(CC)C(CC)c1ccccc1. The summed E-state index contributed by atoms with van der Waals surface area (Å²) in [6, 6.07) is 11.9. The summed E-state index contributed by atoms with van der Waals surface area (Å²) in [4.78, 5) is 0. The number of hydrogen-bond donors (Lipinski definition) is 0. The van der Waals surface area contributed by atoms with Crippen LogP contribution >= 0.6 is 0 Å². The molecule has 0 saturated heterocycles. The van der Waals surface area contributed by atoms with Crippen LogP contribution in [0.2, 0.25) is 0 Å². The van der Waals surface area contributed by atoms with Gasteiger partial charge in [0.15, 0.2) is 0 Å². The smallest absolute Gasteiger partial charge is 0.114 e. The zero-order valence-electron chi connectivity index (χ0n) is 22.3. The third-order valence-electron chi connectivity index (χ3n) is 7.61. The lowest BCUT2D eigenvalue weighted by atomic mass is 9.98. The van der Waals surface area contributed by atoms with Gasteiger partial charge in [-0.1, -0.05) is 108 Å². The number of quaternary nitrogens is 1. The third kappa shape index (κ3) is 11.7. The van der Waals surface area contributed by atoms with E-state index in [1.54, 1.807) is 0 Å². The van der Waals surface area contributed by atoms with E-state index in [-0.39, 0.29) is 0 Å². The maximum Gasteiger partial charge on any atom is 0.114 e. The van der Waals surface area contributed by atoms with Crippen LogP contribution < -0.4 is 0 Å². The summed E-state index contributed by atoms with van der Waals surface area (Å²) in [6.45, 7) is 13.3. The van der Waals surface area contributed by atoms with Crippen LogP contribution in [0.1, 0.15) is 136 Å². The minimum Gasteiger partial charge on any atom is -0.318 e. The van der Waals surface area contributed by atoms with Crippen LogP contribution in [0.3, 0.4) is 0 Å². The molecule has 1 unspecified atom stereocenters. The number of rotatable bonds is 21. The molecule has 0 fully saturated rings. The van der Waals surface area contributed by atoms with Gasteiger partial charge in [0.1, 0.15) is 6.04 Å². The summed E-state index contributed by atoms with van der Waals surface area (Å²) in [5.74, 6) is 0. The second-order valence-corrected chi connectivity index (χ2v) is 9.85. The third-order valence-corrected chi connectivity index (χ3v) is 7.61. The summed E-state index contributed by atoms with van der Waals surface area (Å²) in [7, 11) is 0. The van der Waals surface area contributed by atoms with Crippen molar-refractivity contribution in [1.29, 1.82) is 0 Å². The number of nitrogens with zero attached hydrogens (tertiary/aromatic N) is 1. The van der Waals surface area contributed by atoms with E-state index in [0.29, 0.717) is 6.04 Å². The molecular formula is C31H56N+. The van der Waals surface area contributed by atoms with Crippen molar-refractivity contribution >= 4 is 0 Å². The lowest BCUT2D eigenvalue weighted by molar-refractivity contribution is -0.954. The Morgan fingerprint density at radius 2 is 1.12 bits per heavy atom. The zero-order chi connectivity index (χ0) is 23.3. The van der Waals surface area contributed by atoms with Crippen molar-refractivity contribution in [1.82, 2.24) is 0 Å². The molecule has 1 heteroatoms. The van der Waals surface area contributed by atoms with Gasteiger partial charge in [-0.3, -0.25) is 0 Å². The summed E-state index contributed by atoms with van der Waals surface area (Å²) in [5.41, 5.74) is 1.53. The summed E-state index contributed by atoms with van der Waals surface area (Å²) >= 11 is 0. The molecule has 1 aromatic carbocycles. The van der Waals surface area contributed by atoms with Crippen molar-refractivity contribution in [2.24, 2.45) is 0 Å². The van der Waals surface area contributed by atoms with Gasteiger partial charge in [0.05, 0.1) is 19.6 Å². The van der Waals surface area contributed by atoms with Crippen molar-refractivity contribution in [3.05, 3.63) is 48.0 Å². The minimum atomic E-state index is 0.648. The van der Waals surface area contributed by atoms with Crippen LogP contribution in [0.5, 0.6) is 0 Å². The molecule has 0 N–H and O–H groups in total. The maximum absolute atomic E-state index is 2.44. The van der Waals surface area contributed by atoms with Gasteiger partial charge in [-0.25, -0.2) is 0 Å². The van der Waals surface area contributed by atoms with Crippen LogP contribution in [0, 0.1) is 0 Å². The predicted molar refractivity (Wildman–Crippen MR) is 145 cm³/mol. The normalized spacial score (nSPS) is 13.1. The predicted octanol–water partition coefficient (Wildman–Crippen LogP) is 10.0. The fourth-order valence-corrected chi connectivity index (χ4v) is 5.43. The highest BCUT2D eigenvalue weighted by Crippen LogP contribution is 2.32. The molecule has 0 aromatic heterocycles. The second-order valence-electron chi connectivity index (χ2n) is 9.85. The summed E-state index contributed by atoms with van der Waals surface area (Å²) in [6.07, 6.45) is 25.5. The van der Waals surface area contributed by atoms with Crippen molar-refractivity contribution < 1.29 is 4.48 Å². The van der Waals surface area contributed by atoms with E-state index in [0.717, 1.165) is 0 Å². The first-order chi connectivity index (χ1) is 15.7. The van der Waals surface area contributed by atoms with Crippen LogP contribution in [0.4, 0.5) is 0 Å². The first-order valence-corrected chi connectivity index (χ1v) is 14.3. The van der Waals surface area contributed by atoms with Crippen LogP contribution in [-0.4, -0.2) is 24.1 Å². The Bertz CT molecular complexity index is 543. The number of hydrogen-bond acceptors (Lipinski definition) is 0. The average Bonchev–Trinajstić information content (AvgIpc) is 2.83. The van der Waals surface area contributed by atoms with Crippen LogP contribution in [0.15, 0.2) is 42.5 Å². The molecule has 1 atom stereocenters. The molecule has 0 saturated carbocycles. The van der Waals surface area contributed by atoms with Crippen molar-refractivity contribution in [2.45, 2.75) is 130 Å². The van der Waals surface area contributed by atoms with E-state index in [9.17, 15) is 0 Å². The fraction of sp³-hybridized carbons (Fsp3) is 0.742. The highest BCUT2D eigenvalue weighted by molar-refractivity contribution is 5.17. The molecular weight excluding hydrogens is 386 g/mol. The van der Waals surface area contributed by atoms with Crippen LogP contribution in [-0.2, 0) is 0 Å². The lowest BCUT2D eigenvalue weighted by Gasteiger charge is -2.44. The Morgan fingerprint density at radius 3 is 1.62 bits per heavy atom. The quantitative estimate of drug-likeness (QED) is 0.101. The molecule has 0 spiro atoms. The van der Waals surface area contributed by atoms with E-state index in [2.05, 4.69) is 70.2 Å². The van der Waals surface area contributed by atoms with Crippen LogP contribution in [0.25, 0.3) is 0 Å². The molecule has 0 radical (unpaired) electrons. The molecule has 0 bridgehead atoms. The Hall–Kier alpha value is -1.08. The molecule has 0 heterocycles. The monoisotopic (exact) mass is 442 g/mol. The van der Waals surface area contributed by atoms with Gasteiger partial charge in [0, 0.05) is 12.0 Å². The van der Waals surface area contributed by atoms with Gasteiger partial charge in [-0.05, 0) is 52.4 Å². The zero-order valence-corrected chi connectivity index (χ0v) is 22.3. The number of benzene rings is 1. The molecule has 1 aromatic rings. The Balaban J connectivity index is 2.14. The first-order valence-electron chi connectivity index (χ1n) is 14.3. The Labute approximate surface area is 202 Å². The molecule has 0 aliphatic carbocycles. The molecule has 184 valence electrons. The van der Waals surface area contributed by atoms with Gasteiger partial charge < -0.3 is 4.48 Å². The second kappa shape index (κ2) is 19.4. The standard InChI is InChI=1S/C31H56N/c1-5-9-10-11-12-13-14-15-16-17-18-19-20-21-22-26-29-32(7-3,8-4)31(6-2)30-27-24-23-25-28-30/h15-16,23-25,27-28,31H,5-14,17-22,26,29H2,1-4H3/q+1/b16-15-. The molecule has 1 rings (SSSR count). The molecule has 0 amide bonds. The average molecular weight is 443 g/mol. The van der Waals surface area contributed by atoms with E-state index in [1.807, 2.05) is 0 Å². The molecule has 0 aliphatic rings. The summed E-state index contributed by atoms with van der Waals surface area (Å²) in [5, 5.41) is 0. The first kappa shape index (κ1) is 29.0. The highest BCUT2D eigenvalue weighted by Gasteiger charge is 2.33. The van der Waals surface area contributed by atoms with Gasteiger partial charge >= 0.3 is 0 Å². The molecule has 0 aliphatic heterocycles.